The Hall–Kier alpha value is -1.07. The van der Waals surface area contributed by atoms with Crippen molar-refractivity contribution in [2.24, 2.45) is 0 Å². The minimum Gasteiger partial charge on any atom is -0.313 e. The van der Waals surface area contributed by atoms with Gasteiger partial charge in [0.15, 0.2) is 0 Å². The number of benzene rings is 1. The molecule has 0 aromatic heterocycles. The van der Waals surface area contributed by atoms with E-state index in [9.17, 15) is 8.42 Å². The van der Waals surface area contributed by atoms with Gasteiger partial charge in [-0.15, -0.1) is 0 Å². The normalized spacial score (nSPS) is 17.1. The van der Waals surface area contributed by atoms with Gasteiger partial charge in [-0.2, -0.15) is 0 Å². The summed E-state index contributed by atoms with van der Waals surface area (Å²) in [6.45, 7) is 3.71. The summed E-state index contributed by atoms with van der Waals surface area (Å²) in [5.74, 6) is 0. The number of rotatable bonds is 6. The zero-order valence-electron chi connectivity index (χ0n) is 12.1. The van der Waals surface area contributed by atoms with Crippen LogP contribution in [0.1, 0.15) is 44.6 Å². The number of hydrogen-bond acceptors (Lipinski definition) is 3. The van der Waals surface area contributed by atoms with Crippen molar-refractivity contribution in [2.45, 2.75) is 50.8 Å². The van der Waals surface area contributed by atoms with Crippen LogP contribution in [0.2, 0.25) is 0 Å². The van der Waals surface area contributed by atoms with Crippen LogP contribution in [0.5, 0.6) is 0 Å². The van der Waals surface area contributed by atoms with Crippen molar-refractivity contribution in [1.82, 2.24) is 5.32 Å². The lowest BCUT2D eigenvalue weighted by atomic mass is 10.0. The van der Waals surface area contributed by atoms with E-state index < -0.39 is 10.0 Å². The Morgan fingerprint density at radius 3 is 2.65 bits per heavy atom. The SMILES string of the molecule is CCNCc1cccc(NS(=O)(=O)C2CCCCC2)c1. The first kappa shape index (κ1) is 15.3. The van der Waals surface area contributed by atoms with E-state index in [4.69, 9.17) is 0 Å². The Morgan fingerprint density at radius 2 is 1.95 bits per heavy atom. The van der Waals surface area contributed by atoms with Crippen LogP contribution in [0.15, 0.2) is 24.3 Å². The van der Waals surface area contributed by atoms with Crippen LogP contribution in [0.25, 0.3) is 0 Å². The topological polar surface area (TPSA) is 58.2 Å². The van der Waals surface area contributed by atoms with E-state index in [0.717, 1.165) is 50.8 Å². The number of sulfonamides is 1. The number of anilines is 1. The van der Waals surface area contributed by atoms with Crippen LogP contribution < -0.4 is 10.0 Å². The first-order chi connectivity index (χ1) is 9.62. The molecule has 1 fully saturated rings. The van der Waals surface area contributed by atoms with Gasteiger partial charge in [-0.05, 0) is 37.1 Å². The summed E-state index contributed by atoms with van der Waals surface area (Å²) in [6, 6.07) is 7.62. The Bertz CT molecular complexity index is 522. The fraction of sp³-hybridized carbons (Fsp3) is 0.600. The Morgan fingerprint density at radius 1 is 1.20 bits per heavy atom. The molecule has 0 amide bonds. The van der Waals surface area contributed by atoms with Crippen LogP contribution >= 0.6 is 0 Å². The molecular weight excluding hydrogens is 272 g/mol. The molecule has 112 valence electrons. The molecule has 0 bridgehead atoms. The van der Waals surface area contributed by atoms with Gasteiger partial charge in [0.2, 0.25) is 10.0 Å². The molecule has 0 heterocycles. The van der Waals surface area contributed by atoms with Crippen molar-refractivity contribution in [3.05, 3.63) is 29.8 Å². The van der Waals surface area contributed by atoms with Crippen LogP contribution in [0.3, 0.4) is 0 Å². The van der Waals surface area contributed by atoms with Crippen molar-refractivity contribution in [2.75, 3.05) is 11.3 Å². The summed E-state index contributed by atoms with van der Waals surface area (Å²) in [7, 11) is -3.24. The lowest BCUT2D eigenvalue weighted by Gasteiger charge is -2.22. The van der Waals surface area contributed by atoms with E-state index in [0.29, 0.717) is 5.69 Å². The van der Waals surface area contributed by atoms with E-state index in [-0.39, 0.29) is 5.25 Å². The molecule has 1 aliphatic carbocycles. The third-order valence-electron chi connectivity index (χ3n) is 3.76. The van der Waals surface area contributed by atoms with E-state index in [1.54, 1.807) is 0 Å². The molecule has 1 saturated carbocycles. The molecule has 0 radical (unpaired) electrons. The smallest absolute Gasteiger partial charge is 0.235 e. The highest BCUT2D eigenvalue weighted by Crippen LogP contribution is 2.25. The largest absolute Gasteiger partial charge is 0.313 e. The number of nitrogens with one attached hydrogen (secondary N) is 2. The zero-order chi connectivity index (χ0) is 14.4. The van der Waals surface area contributed by atoms with Crippen LogP contribution in [0, 0.1) is 0 Å². The molecule has 4 nitrogen and oxygen atoms in total. The lowest BCUT2D eigenvalue weighted by molar-refractivity contribution is 0.486. The van der Waals surface area contributed by atoms with Gasteiger partial charge in [0.25, 0.3) is 0 Å². The molecule has 0 aliphatic heterocycles. The minimum absolute atomic E-state index is 0.228. The van der Waals surface area contributed by atoms with Crippen molar-refractivity contribution in [3.8, 4) is 0 Å². The highest BCUT2D eigenvalue weighted by atomic mass is 32.2. The summed E-state index contributed by atoms with van der Waals surface area (Å²) in [5.41, 5.74) is 1.77. The lowest BCUT2D eigenvalue weighted by Crippen LogP contribution is -2.29. The molecule has 0 atom stereocenters. The maximum absolute atomic E-state index is 12.4. The predicted molar refractivity (Wildman–Crippen MR) is 83.2 cm³/mol. The Balaban J connectivity index is 2.04. The van der Waals surface area contributed by atoms with Gasteiger partial charge >= 0.3 is 0 Å². The molecule has 20 heavy (non-hydrogen) atoms. The van der Waals surface area contributed by atoms with Crippen LogP contribution in [-0.4, -0.2) is 20.2 Å². The molecule has 1 aromatic rings. The zero-order valence-corrected chi connectivity index (χ0v) is 12.9. The summed E-state index contributed by atoms with van der Waals surface area (Å²) in [4.78, 5) is 0. The van der Waals surface area contributed by atoms with Gasteiger partial charge in [-0.1, -0.05) is 38.3 Å². The molecule has 1 aromatic carbocycles. The van der Waals surface area contributed by atoms with E-state index in [2.05, 4.69) is 17.0 Å². The Kier molecular flexibility index (Phi) is 5.43. The highest BCUT2D eigenvalue weighted by molar-refractivity contribution is 7.93. The molecule has 1 aliphatic rings. The molecule has 5 heteroatoms. The molecule has 0 saturated heterocycles. The maximum atomic E-state index is 12.4. The van der Waals surface area contributed by atoms with Crippen molar-refractivity contribution in [3.63, 3.8) is 0 Å². The van der Waals surface area contributed by atoms with E-state index in [1.807, 2.05) is 24.3 Å². The monoisotopic (exact) mass is 296 g/mol. The fourth-order valence-corrected chi connectivity index (χ4v) is 4.21. The second kappa shape index (κ2) is 7.09. The van der Waals surface area contributed by atoms with Gasteiger partial charge in [0, 0.05) is 12.2 Å². The Labute approximate surface area is 122 Å². The third kappa shape index (κ3) is 4.21. The van der Waals surface area contributed by atoms with Gasteiger partial charge < -0.3 is 5.32 Å². The fourth-order valence-electron chi connectivity index (χ4n) is 2.64. The second-order valence-electron chi connectivity index (χ2n) is 5.39. The highest BCUT2D eigenvalue weighted by Gasteiger charge is 2.27. The molecule has 0 unspecified atom stereocenters. The average molecular weight is 296 g/mol. The van der Waals surface area contributed by atoms with Crippen molar-refractivity contribution >= 4 is 15.7 Å². The quantitative estimate of drug-likeness (QED) is 0.848. The maximum Gasteiger partial charge on any atom is 0.235 e. The summed E-state index contributed by atoms with van der Waals surface area (Å²) < 4.78 is 27.5. The van der Waals surface area contributed by atoms with Gasteiger partial charge in [0.05, 0.1) is 5.25 Å². The first-order valence-corrected chi connectivity index (χ1v) is 8.98. The molecule has 0 spiro atoms. The van der Waals surface area contributed by atoms with Gasteiger partial charge in [-0.25, -0.2) is 8.42 Å². The van der Waals surface area contributed by atoms with Gasteiger partial charge in [-0.3, -0.25) is 4.72 Å². The molecular formula is C15H24N2O2S. The standard InChI is InChI=1S/C15H24N2O2S/c1-2-16-12-13-7-6-8-14(11-13)17-20(18,19)15-9-4-3-5-10-15/h6-8,11,15-17H,2-5,9-10,12H2,1H3. The second-order valence-corrected chi connectivity index (χ2v) is 7.35. The minimum atomic E-state index is -3.24. The van der Waals surface area contributed by atoms with Crippen molar-refractivity contribution in [1.29, 1.82) is 0 Å². The van der Waals surface area contributed by atoms with Crippen LogP contribution in [0.4, 0.5) is 5.69 Å². The number of hydrogen-bond donors (Lipinski definition) is 2. The molecule has 2 N–H and O–H groups in total. The van der Waals surface area contributed by atoms with Crippen molar-refractivity contribution < 1.29 is 8.42 Å². The summed E-state index contributed by atoms with van der Waals surface area (Å²) in [6.07, 6.45) is 4.76. The van der Waals surface area contributed by atoms with E-state index >= 15 is 0 Å². The third-order valence-corrected chi connectivity index (χ3v) is 5.63. The van der Waals surface area contributed by atoms with Gasteiger partial charge in [0.1, 0.15) is 0 Å². The summed E-state index contributed by atoms with van der Waals surface area (Å²) >= 11 is 0. The first-order valence-electron chi connectivity index (χ1n) is 7.43. The average Bonchev–Trinajstić information content (AvgIpc) is 2.46. The van der Waals surface area contributed by atoms with E-state index in [1.165, 1.54) is 0 Å². The van der Waals surface area contributed by atoms with Crippen LogP contribution in [-0.2, 0) is 16.6 Å². The predicted octanol–water partition coefficient (Wildman–Crippen LogP) is 2.87. The summed E-state index contributed by atoms with van der Waals surface area (Å²) in [5, 5.41) is 3.01. The molecule has 2 rings (SSSR count).